The lowest BCUT2D eigenvalue weighted by atomic mass is 10.0. The fraction of sp³-hybridized carbons (Fsp3) is 0.143. The summed E-state index contributed by atoms with van der Waals surface area (Å²) in [5.74, 6) is -1.23. The number of benzene rings is 2. The van der Waals surface area contributed by atoms with Crippen molar-refractivity contribution in [3.05, 3.63) is 64.2 Å². The molecule has 1 atom stereocenters. The Morgan fingerprint density at radius 3 is 2.26 bits per heavy atom. The molecule has 2 rings (SSSR count). The molecule has 0 aliphatic rings. The molecule has 0 saturated carbocycles. The van der Waals surface area contributed by atoms with E-state index in [9.17, 15) is 8.78 Å². The Labute approximate surface area is 123 Å². The summed E-state index contributed by atoms with van der Waals surface area (Å²) in [5, 5.41) is 0.444. The van der Waals surface area contributed by atoms with Crippen LogP contribution < -0.4 is 4.74 Å². The van der Waals surface area contributed by atoms with Crippen molar-refractivity contribution in [2.24, 2.45) is 0 Å². The van der Waals surface area contributed by atoms with Crippen molar-refractivity contribution >= 4 is 27.5 Å². The van der Waals surface area contributed by atoms with Gasteiger partial charge in [0.1, 0.15) is 17.4 Å². The van der Waals surface area contributed by atoms with Crippen LogP contribution in [-0.2, 0) is 0 Å². The Morgan fingerprint density at radius 1 is 1.16 bits per heavy atom. The lowest BCUT2D eigenvalue weighted by Gasteiger charge is -2.15. The van der Waals surface area contributed by atoms with Crippen LogP contribution in [0.1, 0.15) is 16.0 Å². The van der Waals surface area contributed by atoms with Gasteiger partial charge in [-0.25, -0.2) is 8.78 Å². The van der Waals surface area contributed by atoms with Gasteiger partial charge in [0, 0.05) is 22.7 Å². The maximum atomic E-state index is 14.0. The summed E-state index contributed by atoms with van der Waals surface area (Å²) in [6.45, 7) is 0. The van der Waals surface area contributed by atoms with Gasteiger partial charge in [0.25, 0.3) is 0 Å². The SMILES string of the molecule is COc1cc(F)c(C(Br)c2ccccc2Cl)c(F)c1. The van der Waals surface area contributed by atoms with Crippen LogP contribution >= 0.6 is 27.5 Å². The van der Waals surface area contributed by atoms with Crippen molar-refractivity contribution in [3.8, 4) is 5.75 Å². The Bertz CT molecular complexity index is 581. The van der Waals surface area contributed by atoms with Crippen LogP contribution in [0.4, 0.5) is 8.78 Å². The van der Waals surface area contributed by atoms with Crippen molar-refractivity contribution in [1.29, 1.82) is 0 Å². The molecule has 19 heavy (non-hydrogen) atoms. The molecule has 0 fully saturated rings. The van der Waals surface area contributed by atoms with Gasteiger partial charge in [-0.3, -0.25) is 0 Å². The second-order valence-corrected chi connectivity index (χ2v) is 5.21. The van der Waals surface area contributed by atoms with E-state index in [1.54, 1.807) is 24.3 Å². The molecule has 5 heteroatoms. The van der Waals surface area contributed by atoms with Crippen LogP contribution in [-0.4, -0.2) is 7.11 Å². The van der Waals surface area contributed by atoms with Crippen LogP contribution in [0.5, 0.6) is 5.75 Å². The zero-order valence-corrected chi connectivity index (χ0v) is 12.3. The minimum atomic E-state index is -0.682. The fourth-order valence-corrected chi connectivity index (χ4v) is 2.97. The van der Waals surface area contributed by atoms with Crippen molar-refractivity contribution in [2.45, 2.75) is 4.83 Å². The number of halogens is 4. The molecule has 0 aliphatic carbocycles. The highest BCUT2D eigenvalue weighted by molar-refractivity contribution is 9.09. The van der Waals surface area contributed by atoms with Gasteiger partial charge in [0.2, 0.25) is 0 Å². The van der Waals surface area contributed by atoms with Crippen molar-refractivity contribution in [1.82, 2.24) is 0 Å². The van der Waals surface area contributed by atoms with E-state index in [1.165, 1.54) is 7.11 Å². The lowest BCUT2D eigenvalue weighted by Crippen LogP contribution is -2.02. The molecule has 0 aromatic heterocycles. The Balaban J connectivity index is 2.50. The second kappa shape index (κ2) is 5.88. The topological polar surface area (TPSA) is 9.23 Å². The van der Waals surface area contributed by atoms with Gasteiger partial charge in [-0.1, -0.05) is 45.7 Å². The highest BCUT2D eigenvalue weighted by atomic mass is 79.9. The highest BCUT2D eigenvalue weighted by Crippen LogP contribution is 2.38. The highest BCUT2D eigenvalue weighted by Gasteiger charge is 2.22. The van der Waals surface area contributed by atoms with E-state index < -0.39 is 16.5 Å². The van der Waals surface area contributed by atoms with Gasteiger partial charge in [0.15, 0.2) is 0 Å². The number of alkyl halides is 1. The maximum absolute atomic E-state index is 14.0. The quantitative estimate of drug-likeness (QED) is 0.701. The summed E-state index contributed by atoms with van der Waals surface area (Å²) < 4.78 is 32.8. The third-order valence-electron chi connectivity index (χ3n) is 2.72. The maximum Gasteiger partial charge on any atom is 0.134 e. The first-order valence-electron chi connectivity index (χ1n) is 5.46. The average Bonchev–Trinajstić information content (AvgIpc) is 2.38. The van der Waals surface area contributed by atoms with E-state index in [2.05, 4.69) is 15.9 Å². The molecule has 0 bridgehead atoms. The van der Waals surface area contributed by atoms with Crippen LogP contribution in [0.25, 0.3) is 0 Å². The van der Waals surface area contributed by atoms with Gasteiger partial charge in [0.05, 0.1) is 11.9 Å². The monoisotopic (exact) mass is 346 g/mol. The molecule has 0 radical (unpaired) electrons. The zero-order valence-electron chi connectivity index (χ0n) is 9.96. The Morgan fingerprint density at radius 2 is 1.74 bits per heavy atom. The molecular formula is C14H10BrClF2O. The predicted octanol–water partition coefficient (Wildman–Crippen LogP) is 5.11. The van der Waals surface area contributed by atoms with Crippen LogP contribution in [0, 0.1) is 11.6 Å². The summed E-state index contributed by atoms with van der Waals surface area (Å²) in [5.41, 5.74) is 0.515. The van der Waals surface area contributed by atoms with Gasteiger partial charge in [-0.05, 0) is 11.6 Å². The number of methoxy groups -OCH3 is 1. The van der Waals surface area contributed by atoms with Gasteiger partial charge in [-0.15, -0.1) is 0 Å². The predicted molar refractivity (Wildman–Crippen MR) is 75.1 cm³/mol. The van der Waals surface area contributed by atoms with Crippen LogP contribution in [0.15, 0.2) is 36.4 Å². The molecule has 0 heterocycles. The summed E-state index contributed by atoms with van der Waals surface area (Å²) in [6, 6.07) is 9.18. The van der Waals surface area contributed by atoms with Crippen molar-refractivity contribution in [2.75, 3.05) is 7.11 Å². The normalized spacial score (nSPS) is 12.3. The fourth-order valence-electron chi connectivity index (χ4n) is 1.76. The molecule has 1 nitrogen and oxygen atoms in total. The molecule has 0 saturated heterocycles. The van der Waals surface area contributed by atoms with E-state index in [0.717, 1.165) is 12.1 Å². The van der Waals surface area contributed by atoms with Crippen molar-refractivity contribution < 1.29 is 13.5 Å². The van der Waals surface area contributed by atoms with E-state index in [4.69, 9.17) is 16.3 Å². The van der Waals surface area contributed by atoms with E-state index >= 15 is 0 Å². The minimum absolute atomic E-state index is 0.0890. The average molecular weight is 348 g/mol. The standard InChI is InChI=1S/C14H10BrClF2O/c1-19-8-6-11(17)13(12(18)7-8)14(15)9-4-2-3-5-10(9)16/h2-7,14H,1H3. The summed E-state index contributed by atoms with van der Waals surface area (Å²) in [4.78, 5) is -0.660. The van der Waals surface area contributed by atoms with Gasteiger partial charge in [-0.2, -0.15) is 0 Å². The van der Waals surface area contributed by atoms with E-state index in [0.29, 0.717) is 10.6 Å². The first kappa shape index (κ1) is 14.3. The first-order chi connectivity index (χ1) is 9.04. The summed E-state index contributed by atoms with van der Waals surface area (Å²) >= 11 is 9.32. The third-order valence-corrected chi connectivity index (χ3v) is 4.02. The van der Waals surface area contributed by atoms with Crippen LogP contribution in [0.2, 0.25) is 5.02 Å². The number of ether oxygens (including phenoxy) is 1. The minimum Gasteiger partial charge on any atom is -0.497 e. The first-order valence-corrected chi connectivity index (χ1v) is 6.75. The zero-order chi connectivity index (χ0) is 14.0. The molecule has 1 unspecified atom stereocenters. The summed E-state index contributed by atoms with van der Waals surface area (Å²) in [6.07, 6.45) is 0. The molecule has 0 aliphatic heterocycles. The Kier molecular flexibility index (Phi) is 4.42. The van der Waals surface area contributed by atoms with Crippen LogP contribution in [0.3, 0.4) is 0 Å². The van der Waals surface area contributed by atoms with Gasteiger partial charge >= 0.3 is 0 Å². The molecule has 2 aromatic carbocycles. The van der Waals surface area contributed by atoms with Gasteiger partial charge < -0.3 is 4.74 Å². The lowest BCUT2D eigenvalue weighted by molar-refractivity contribution is 0.405. The molecular weight excluding hydrogens is 338 g/mol. The molecule has 2 aromatic rings. The number of rotatable bonds is 3. The molecule has 100 valence electrons. The van der Waals surface area contributed by atoms with Crippen molar-refractivity contribution in [3.63, 3.8) is 0 Å². The number of hydrogen-bond donors (Lipinski definition) is 0. The van der Waals surface area contributed by atoms with E-state index in [-0.39, 0.29) is 11.3 Å². The summed E-state index contributed by atoms with van der Waals surface area (Å²) in [7, 11) is 1.35. The molecule has 0 N–H and O–H groups in total. The Hall–Kier alpha value is -1.13. The van der Waals surface area contributed by atoms with E-state index in [1.807, 2.05) is 0 Å². The largest absolute Gasteiger partial charge is 0.497 e. The molecule has 0 spiro atoms. The number of hydrogen-bond acceptors (Lipinski definition) is 1. The smallest absolute Gasteiger partial charge is 0.134 e. The second-order valence-electron chi connectivity index (χ2n) is 3.89. The molecule has 0 amide bonds. The third kappa shape index (κ3) is 2.90.